The van der Waals surface area contributed by atoms with Gasteiger partial charge in [0, 0.05) is 0 Å². The Bertz CT molecular complexity index is 383. The van der Waals surface area contributed by atoms with Gasteiger partial charge < -0.3 is 10.1 Å². The minimum Gasteiger partial charge on any atom is -0.497 e. The minimum absolute atomic E-state index is 0.0562. The van der Waals surface area contributed by atoms with Crippen molar-refractivity contribution in [1.82, 2.24) is 5.32 Å². The molecule has 0 fully saturated rings. The first-order valence-corrected chi connectivity index (χ1v) is 5.77. The highest BCUT2D eigenvalue weighted by Crippen LogP contribution is 2.15. The maximum absolute atomic E-state index is 11.5. The van der Waals surface area contributed by atoms with E-state index in [1.54, 1.807) is 19.2 Å². The molecule has 0 aliphatic carbocycles. The van der Waals surface area contributed by atoms with E-state index in [1.165, 1.54) is 19.2 Å². The number of hydrogen-bond donors (Lipinski definition) is 1. The number of ether oxygens (including phenoxy) is 1. The Hall–Kier alpha value is -1.07. The zero-order chi connectivity index (χ0) is 10.6. The monoisotopic (exact) mass is 215 g/mol. The molecule has 0 spiro atoms. The maximum atomic E-state index is 11.5. The van der Waals surface area contributed by atoms with E-state index in [0.29, 0.717) is 10.6 Å². The standard InChI is InChI=1S/C9H13NO3S/c1-10-7-14(11,12)9-5-3-8(13-2)4-6-9/h3-6,10H,7H2,1-2H3. The maximum Gasteiger partial charge on any atom is 0.191 e. The van der Waals surface area contributed by atoms with E-state index >= 15 is 0 Å². The Morgan fingerprint density at radius 1 is 1.29 bits per heavy atom. The van der Waals surface area contributed by atoms with Gasteiger partial charge in [0.15, 0.2) is 9.84 Å². The molecule has 0 bridgehead atoms. The van der Waals surface area contributed by atoms with Gasteiger partial charge in [-0.2, -0.15) is 0 Å². The lowest BCUT2D eigenvalue weighted by atomic mass is 10.3. The molecule has 0 radical (unpaired) electrons. The summed E-state index contributed by atoms with van der Waals surface area (Å²) in [5, 5.41) is 2.62. The number of methoxy groups -OCH3 is 1. The van der Waals surface area contributed by atoms with Gasteiger partial charge >= 0.3 is 0 Å². The van der Waals surface area contributed by atoms with E-state index in [0.717, 1.165) is 0 Å². The Morgan fingerprint density at radius 3 is 2.29 bits per heavy atom. The fourth-order valence-electron chi connectivity index (χ4n) is 1.06. The molecule has 0 unspecified atom stereocenters. The second-order valence-electron chi connectivity index (χ2n) is 2.79. The van der Waals surface area contributed by atoms with Gasteiger partial charge in [0.05, 0.1) is 12.0 Å². The fourth-order valence-corrected chi connectivity index (χ4v) is 2.15. The fraction of sp³-hybridized carbons (Fsp3) is 0.333. The molecule has 0 saturated heterocycles. The Kier molecular flexibility index (Phi) is 3.49. The van der Waals surface area contributed by atoms with E-state index in [4.69, 9.17) is 4.74 Å². The lowest BCUT2D eigenvalue weighted by molar-refractivity contribution is 0.414. The van der Waals surface area contributed by atoms with Crippen LogP contribution in [0.3, 0.4) is 0 Å². The van der Waals surface area contributed by atoms with Gasteiger partial charge in [-0.15, -0.1) is 0 Å². The molecule has 1 aromatic carbocycles. The lowest BCUT2D eigenvalue weighted by Crippen LogP contribution is -2.18. The Labute approximate surface area is 83.8 Å². The molecule has 1 N–H and O–H groups in total. The van der Waals surface area contributed by atoms with Crippen LogP contribution in [0.1, 0.15) is 0 Å². The van der Waals surface area contributed by atoms with Crippen molar-refractivity contribution in [3.63, 3.8) is 0 Å². The molecule has 5 heteroatoms. The van der Waals surface area contributed by atoms with Crippen LogP contribution < -0.4 is 10.1 Å². The van der Waals surface area contributed by atoms with E-state index in [2.05, 4.69) is 5.32 Å². The summed E-state index contributed by atoms with van der Waals surface area (Å²) in [5.74, 6) is 0.590. The van der Waals surface area contributed by atoms with Crippen molar-refractivity contribution < 1.29 is 13.2 Å². The van der Waals surface area contributed by atoms with E-state index in [9.17, 15) is 8.42 Å². The molecule has 0 atom stereocenters. The first-order valence-electron chi connectivity index (χ1n) is 4.11. The van der Waals surface area contributed by atoms with Crippen LogP contribution in [-0.4, -0.2) is 28.5 Å². The molecular formula is C9H13NO3S. The molecule has 1 rings (SSSR count). The van der Waals surface area contributed by atoms with Gasteiger partial charge in [0.25, 0.3) is 0 Å². The molecule has 0 amide bonds. The summed E-state index contributed by atoms with van der Waals surface area (Å²) < 4.78 is 28.0. The van der Waals surface area contributed by atoms with Crippen molar-refractivity contribution in [2.75, 3.05) is 20.0 Å². The molecule has 0 aliphatic heterocycles. The average Bonchev–Trinajstić information content (AvgIpc) is 2.18. The Balaban J connectivity index is 2.97. The van der Waals surface area contributed by atoms with Gasteiger partial charge in [0.2, 0.25) is 0 Å². The zero-order valence-corrected chi connectivity index (χ0v) is 8.97. The number of benzene rings is 1. The highest BCUT2D eigenvalue weighted by atomic mass is 32.2. The highest BCUT2D eigenvalue weighted by Gasteiger charge is 2.12. The summed E-state index contributed by atoms with van der Waals surface area (Å²) in [6, 6.07) is 6.32. The van der Waals surface area contributed by atoms with Crippen LogP contribution in [0.2, 0.25) is 0 Å². The SMILES string of the molecule is CNCS(=O)(=O)c1ccc(OC)cc1. The van der Waals surface area contributed by atoms with Crippen molar-refractivity contribution >= 4 is 9.84 Å². The molecule has 1 aromatic rings. The van der Waals surface area contributed by atoms with Crippen LogP contribution in [0.4, 0.5) is 0 Å². The van der Waals surface area contributed by atoms with Crippen molar-refractivity contribution in [1.29, 1.82) is 0 Å². The molecule has 4 nitrogen and oxygen atoms in total. The molecular weight excluding hydrogens is 202 g/mol. The molecule has 0 saturated carbocycles. The van der Waals surface area contributed by atoms with Gasteiger partial charge in [0.1, 0.15) is 11.6 Å². The highest BCUT2D eigenvalue weighted by molar-refractivity contribution is 7.91. The van der Waals surface area contributed by atoms with E-state index in [1.807, 2.05) is 0 Å². The van der Waals surface area contributed by atoms with Crippen LogP contribution >= 0.6 is 0 Å². The van der Waals surface area contributed by atoms with Crippen LogP contribution in [0.25, 0.3) is 0 Å². The number of hydrogen-bond acceptors (Lipinski definition) is 4. The zero-order valence-electron chi connectivity index (χ0n) is 8.15. The quantitative estimate of drug-likeness (QED) is 0.801. The van der Waals surface area contributed by atoms with E-state index in [-0.39, 0.29) is 5.88 Å². The third-order valence-corrected chi connectivity index (χ3v) is 3.41. The van der Waals surface area contributed by atoms with Crippen molar-refractivity contribution in [3.8, 4) is 5.75 Å². The smallest absolute Gasteiger partial charge is 0.191 e. The van der Waals surface area contributed by atoms with Crippen LogP contribution in [0, 0.1) is 0 Å². The molecule has 78 valence electrons. The predicted molar refractivity (Wildman–Crippen MR) is 54.1 cm³/mol. The second kappa shape index (κ2) is 4.43. The summed E-state index contributed by atoms with van der Waals surface area (Å²) in [5.41, 5.74) is 0. The van der Waals surface area contributed by atoms with Gasteiger partial charge in [-0.3, -0.25) is 0 Å². The summed E-state index contributed by atoms with van der Waals surface area (Å²) in [7, 11) is -0.0649. The summed E-state index contributed by atoms with van der Waals surface area (Å²) >= 11 is 0. The number of sulfone groups is 1. The van der Waals surface area contributed by atoms with Crippen LogP contribution in [0.5, 0.6) is 5.75 Å². The Morgan fingerprint density at radius 2 is 1.86 bits per heavy atom. The first-order chi connectivity index (χ1) is 6.60. The van der Waals surface area contributed by atoms with Crippen molar-refractivity contribution in [3.05, 3.63) is 24.3 Å². The normalized spacial score (nSPS) is 11.3. The first kappa shape index (κ1) is 11.0. The largest absolute Gasteiger partial charge is 0.497 e. The van der Waals surface area contributed by atoms with Gasteiger partial charge in [-0.05, 0) is 31.3 Å². The summed E-state index contributed by atoms with van der Waals surface area (Å²) in [6.45, 7) is 0. The predicted octanol–water partition coefficient (Wildman–Crippen LogP) is 0.646. The lowest BCUT2D eigenvalue weighted by Gasteiger charge is -2.04. The molecule has 0 aliphatic rings. The van der Waals surface area contributed by atoms with Crippen molar-refractivity contribution in [2.45, 2.75) is 4.90 Å². The molecule has 14 heavy (non-hydrogen) atoms. The third-order valence-electron chi connectivity index (χ3n) is 1.75. The van der Waals surface area contributed by atoms with Crippen LogP contribution in [-0.2, 0) is 9.84 Å². The number of rotatable bonds is 4. The van der Waals surface area contributed by atoms with Gasteiger partial charge in [-0.25, -0.2) is 8.42 Å². The number of nitrogens with one attached hydrogen (secondary N) is 1. The topological polar surface area (TPSA) is 55.4 Å². The average molecular weight is 215 g/mol. The molecule has 0 aromatic heterocycles. The summed E-state index contributed by atoms with van der Waals surface area (Å²) in [6.07, 6.45) is 0. The molecule has 0 heterocycles. The van der Waals surface area contributed by atoms with Gasteiger partial charge in [-0.1, -0.05) is 0 Å². The van der Waals surface area contributed by atoms with Crippen LogP contribution in [0.15, 0.2) is 29.2 Å². The summed E-state index contributed by atoms with van der Waals surface area (Å²) in [4.78, 5) is 0.299. The third kappa shape index (κ3) is 2.46. The minimum atomic E-state index is -3.20. The van der Waals surface area contributed by atoms with Crippen molar-refractivity contribution in [2.24, 2.45) is 0 Å². The second-order valence-corrected chi connectivity index (χ2v) is 4.78. The van der Waals surface area contributed by atoms with E-state index < -0.39 is 9.84 Å².